The molecule has 0 aliphatic heterocycles. The lowest BCUT2D eigenvalue weighted by Gasteiger charge is -2.05. The summed E-state index contributed by atoms with van der Waals surface area (Å²) >= 11 is 5.77. The van der Waals surface area contributed by atoms with Crippen molar-refractivity contribution >= 4 is 17.6 Å². The molecule has 0 atom stereocenters. The third-order valence-electron chi connectivity index (χ3n) is 3.31. The molecule has 0 unspecified atom stereocenters. The Morgan fingerprint density at radius 2 is 1.50 bits per heavy atom. The zero-order valence-electron chi connectivity index (χ0n) is 12.4. The van der Waals surface area contributed by atoms with Crippen molar-refractivity contribution in [2.45, 2.75) is 58.3 Å². The van der Waals surface area contributed by atoms with Crippen LogP contribution >= 0.6 is 11.6 Å². The quantitative estimate of drug-likeness (QED) is 0.413. The van der Waals surface area contributed by atoms with Gasteiger partial charge in [0.2, 0.25) is 0 Å². The summed E-state index contributed by atoms with van der Waals surface area (Å²) < 4.78 is 5.23. The van der Waals surface area contributed by atoms with Crippen molar-refractivity contribution in [3.63, 3.8) is 0 Å². The van der Waals surface area contributed by atoms with E-state index in [2.05, 4.69) is 6.92 Å². The highest BCUT2D eigenvalue weighted by Gasteiger charge is 2.05. The normalized spacial score (nSPS) is 10.5. The highest BCUT2D eigenvalue weighted by atomic mass is 35.5. The van der Waals surface area contributed by atoms with Gasteiger partial charge in [-0.15, -0.1) is 0 Å². The first-order chi connectivity index (χ1) is 9.74. The van der Waals surface area contributed by atoms with Crippen LogP contribution in [-0.2, 0) is 4.74 Å². The van der Waals surface area contributed by atoms with E-state index in [1.54, 1.807) is 24.3 Å². The summed E-state index contributed by atoms with van der Waals surface area (Å²) in [5.74, 6) is -0.260. The van der Waals surface area contributed by atoms with Crippen molar-refractivity contribution in [3.8, 4) is 0 Å². The molecule has 20 heavy (non-hydrogen) atoms. The van der Waals surface area contributed by atoms with Crippen molar-refractivity contribution in [1.29, 1.82) is 0 Å². The number of hydrogen-bond acceptors (Lipinski definition) is 2. The molecule has 0 radical (unpaired) electrons. The van der Waals surface area contributed by atoms with Crippen LogP contribution in [0.25, 0.3) is 0 Å². The predicted octanol–water partition coefficient (Wildman–Crippen LogP) is 5.64. The maximum Gasteiger partial charge on any atom is 0.338 e. The largest absolute Gasteiger partial charge is 0.462 e. The Hall–Kier alpha value is -1.02. The van der Waals surface area contributed by atoms with E-state index >= 15 is 0 Å². The van der Waals surface area contributed by atoms with Gasteiger partial charge in [0.15, 0.2) is 0 Å². The van der Waals surface area contributed by atoms with Gasteiger partial charge < -0.3 is 4.74 Å². The summed E-state index contributed by atoms with van der Waals surface area (Å²) in [5.41, 5.74) is 0.564. The molecular formula is C17H25ClO2. The van der Waals surface area contributed by atoms with Crippen LogP contribution in [0.4, 0.5) is 0 Å². The minimum Gasteiger partial charge on any atom is -0.462 e. The summed E-state index contributed by atoms with van der Waals surface area (Å²) in [6.45, 7) is 2.74. The lowest BCUT2D eigenvalue weighted by molar-refractivity contribution is 0.0497. The van der Waals surface area contributed by atoms with Crippen LogP contribution in [0.1, 0.15) is 68.6 Å². The Kier molecular flexibility index (Phi) is 9.14. The molecule has 0 heterocycles. The van der Waals surface area contributed by atoms with Gasteiger partial charge in [0.1, 0.15) is 0 Å². The van der Waals surface area contributed by atoms with E-state index in [-0.39, 0.29) is 5.97 Å². The fraction of sp³-hybridized carbons (Fsp3) is 0.588. The van der Waals surface area contributed by atoms with Gasteiger partial charge >= 0.3 is 5.97 Å². The lowest BCUT2D eigenvalue weighted by atomic mass is 10.1. The smallest absolute Gasteiger partial charge is 0.338 e. The van der Waals surface area contributed by atoms with E-state index in [1.165, 1.54) is 38.5 Å². The Bertz CT molecular complexity index is 373. The molecule has 0 saturated carbocycles. The molecular weight excluding hydrogens is 272 g/mol. The van der Waals surface area contributed by atoms with Gasteiger partial charge in [0.05, 0.1) is 12.2 Å². The van der Waals surface area contributed by atoms with Crippen LogP contribution in [0.5, 0.6) is 0 Å². The number of carbonyl (C=O) groups is 1. The number of unbranched alkanes of at least 4 members (excludes halogenated alkanes) is 7. The Labute approximate surface area is 127 Å². The maximum absolute atomic E-state index is 11.7. The van der Waals surface area contributed by atoms with Crippen LogP contribution in [0.2, 0.25) is 5.02 Å². The predicted molar refractivity (Wildman–Crippen MR) is 84.3 cm³/mol. The van der Waals surface area contributed by atoms with E-state index in [0.29, 0.717) is 17.2 Å². The molecule has 0 spiro atoms. The molecule has 0 amide bonds. The van der Waals surface area contributed by atoms with Gasteiger partial charge in [-0.05, 0) is 30.7 Å². The summed E-state index contributed by atoms with van der Waals surface area (Å²) in [6, 6.07) is 6.79. The number of halogens is 1. The van der Waals surface area contributed by atoms with Gasteiger partial charge in [0, 0.05) is 5.02 Å². The molecule has 0 aromatic heterocycles. The van der Waals surface area contributed by atoms with Crippen molar-refractivity contribution in [2.24, 2.45) is 0 Å². The van der Waals surface area contributed by atoms with Gasteiger partial charge in [-0.2, -0.15) is 0 Å². The monoisotopic (exact) mass is 296 g/mol. The number of rotatable bonds is 10. The number of hydrogen-bond donors (Lipinski definition) is 0. The molecule has 0 aliphatic rings. The van der Waals surface area contributed by atoms with Gasteiger partial charge in [-0.1, -0.05) is 63.5 Å². The van der Waals surface area contributed by atoms with Crippen molar-refractivity contribution < 1.29 is 9.53 Å². The van der Waals surface area contributed by atoms with Gasteiger partial charge in [0.25, 0.3) is 0 Å². The third kappa shape index (κ3) is 7.54. The highest BCUT2D eigenvalue weighted by Crippen LogP contribution is 2.11. The third-order valence-corrected chi connectivity index (χ3v) is 3.56. The first-order valence-electron chi connectivity index (χ1n) is 7.66. The average molecular weight is 297 g/mol. The Morgan fingerprint density at radius 3 is 2.10 bits per heavy atom. The van der Waals surface area contributed by atoms with Gasteiger partial charge in [-0.25, -0.2) is 4.79 Å². The summed E-state index contributed by atoms with van der Waals surface area (Å²) in [5, 5.41) is 0.629. The summed E-state index contributed by atoms with van der Waals surface area (Å²) in [4.78, 5) is 11.7. The molecule has 3 heteroatoms. The standard InChI is InChI=1S/C17H25ClO2/c1-2-3-4-5-6-7-8-9-14-20-17(19)15-10-12-16(18)13-11-15/h10-13H,2-9,14H2,1H3. The minimum atomic E-state index is -0.260. The molecule has 112 valence electrons. The number of carbonyl (C=O) groups excluding carboxylic acids is 1. The Morgan fingerprint density at radius 1 is 0.950 bits per heavy atom. The highest BCUT2D eigenvalue weighted by molar-refractivity contribution is 6.30. The molecule has 0 aliphatic carbocycles. The zero-order chi connectivity index (χ0) is 14.6. The van der Waals surface area contributed by atoms with Gasteiger partial charge in [-0.3, -0.25) is 0 Å². The summed E-state index contributed by atoms with van der Waals surface area (Å²) in [7, 11) is 0. The number of esters is 1. The SMILES string of the molecule is CCCCCCCCCCOC(=O)c1ccc(Cl)cc1. The fourth-order valence-electron chi connectivity index (χ4n) is 2.07. The van der Waals surface area contributed by atoms with Crippen LogP contribution in [-0.4, -0.2) is 12.6 Å². The molecule has 0 bridgehead atoms. The van der Waals surface area contributed by atoms with Crippen molar-refractivity contribution in [1.82, 2.24) is 0 Å². The first kappa shape index (κ1) is 17.0. The summed E-state index contributed by atoms with van der Waals surface area (Å²) in [6.07, 6.45) is 9.94. The lowest BCUT2D eigenvalue weighted by Crippen LogP contribution is -2.06. The molecule has 0 fully saturated rings. The molecule has 1 aromatic carbocycles. The van der Waals surface area contributed by atoms with E-state index in [0.717, 1.165) is 12.8 Å². The second kappa shape index (κ2) is 10.7. The van der Waals surface area contributed by atoms with E-state index in [1.807, 2.05) is 0 Å². The van der Waals surface area contributed by atoms with E-state index < -0.39 is 0 Å². The second-order valence-electron chi connectivity index (χ2n) is 5.12. The van der Waals surface area contributed by atoms with Crippen molar-refractivity contribution in [3.05, 3.63) is 34.9 Å². The molecule has 1 rings (SSSR count). The molecule has 2 nitrogen and oxygen atoms in total. The number of ether oxygens (including phenoxy) is 1. The topological polar surface area (TPSA) is 26.3 Å². The zero-order valence-corrected chi connectivity index (χ0v) is 13.1. The Balaban J connectivity index is 2.01. The van der Waals surface area contributed by atoms with Crippen molar-refractivity contribution in [2.75, 3.05) is 6.61 Å². The van der Waals surface area contributed by atoms with E-state index in [4.69, 9.17) is 16.3 Å². The number of benzene rings is 1. The van der Waals surface area contributed by atoms with Crippen LogP contribution in [0.15, 0.2) is 24.3 Å². The first-order valence-corrected chi connectivity index (χ1v) is 8.04. The molecule has 0 N–H and O–H groups in total. The fourth-order valence-corrected chi connectivity index (χ4v) is 2.20. The average Bonchev–Trinajstić information content (AvgIpc) is 2.46. The molecule has 1 aromatic rings. The van der Waals surface area contributed by atoms with Crippen LogP contribution in [0, 0.1) is 0 Å². The van der Waals surface area contributed by atoms with Crippen LogP contribution < -0.4 is 0 Å². The van der Waals surface area contributed by atoms with Crippen LogP contribution in [0.3, 0.4) is 0 Å². The molecule has 0 saturated heterocycles. The minimum absolute atomic E-state index is 0.260. The van der Waals surface area contributed by atoms with E-state index in [9.17, 15) is 4.79 Å². The second-order valence-corrected chi connectivity index (χ2v) is 5.55. The maximum atomic E-state index is 11.7.